The van der Waals surface area contributed by atoms with Crippen LogP contribution in [0, 0.1) is 0 Å². The van der Waals surface area contributed by atoms with E-state index in [-0.39, 0.29) is 11.8 Å². The number of nitrogens with one attached hydrogen (secondary N) is 4. The molecular weight excluding hydrogens is 464 g/mol. The Morgan fingerprint density at radius 2 is 1.62 bits per heavy atom. The average Bonchev–Trinajstić information content (AvgIpc) is 3.32. The summed E-state index contributed by atoms with van der Waals surface area (Å²) in [7, 11) is 2.17. The first-order chi connectivity index (χ1) is 18.1. The first-order valence-corrected chi connectivity index (χ1v) is 12.9. The number of amides is 2. The number of carbonyl (C=O) groups is 2. The number of rotatable bonds is 9. The summed E-state index contributed by atoms with van der Waals surface area (Å²) < 4.78 is 0. The third-order valence-electron chi connectivity index (χ3n) is 6.99. The van der Waals surface area contributed by atoms with Crippen LogP contribution in [0.5, 0.6) is 0 Å². The van der Waals surface area contributed by atoms with E-state index in [1.54, 1.807) is 6.07 Å². The molecule has 8 heteroatoms. The molecule has 0 saturated carbocycles. The van der Waals surface area contributed by atoms with Crippen molar-refractivity contribution >= 4 is 34.6 Å². The van der Waals surface area contributed by atoms with Crippen LogP contribution in [0.1, 0.15) is 32.7 Å². The van der Waals surface area contributed by atoms with Crippen molar-refractivity contribution in [3.05, 3.63) is 83.4 Å². The molecule has 0 spiro atoms. The average molecular weight is 499 g/mol. The Bertz CT molecular complexity index is 1240. The van der Waals surface area contributed by atoms with Crippen molar-refractivity contribution < 1.29 is 9.59 Å². The number of benzene rings is 3. The fourth-order valence-electron chi connectivity index (χ4n) is 4.79. The topological polar surface area (TPSA) is 88.7 Å². The van der Waals surface area contributed by atoms with Gasteiger partial charge in [-0.15, -0.1) is 0 Å². The molecule has 2 heterocycles. The van der Waals surface area contributed by atoms with Gasteiger partial charge in [-0.3, -0.25) is 9.59 Å². The summed E-state index contributed by atoms with van der Waals surface area (Å²) in [4.78, 5) is 30.4. The number of piperazine rings is 1. The molecule has 3 aromatic rings. The van der Waals surface area contributed by atoms with Crippen LogP contribution < -0.4 is 21.3 Å². The molecule has 0 atom stereocenters. The van der Waals surface area contributed by atoms with Crippen LogP contribution in [-0.4, -0.2) is 67.9 Å². The molecule has 37 heavy (non-hydrogen) atoms. The predicted octanol–water partition coefficient (Wildman–Crippen LogP) is 3.98. The molecule has 4 N–H and O–H groups in total. The zero-order valence-electron chi connectivity index (χ0n) is 21.2. The van der Waals surface area contributed by atoms with E-state index >= 15 is 0 Å². The summed E-state index contributed by atoms with van der Waals surface area (Å²) in [6.45, 7) is 6.96. The number of nitrogens with zero attached hydrogens (tertiary/aromatic N) is 2. The van der Waals surface area contributed by atoms with Crippen LogP contribution >= 0.6 is 0 Å². The Morgan fingerprint density at radius 1 is 0.892 bits per heavy atom. The zero-order chi connectivity index (χ0) is 25.6. The number of hydrogen-bond donors (Lipinski definition) is 4. The van der Waals surface area contributed by atoms with Crippen LogP contribution in [0.3, 0.4) is 0 Å². The second-order valence-electron chi connectivity index (χ2n) is 9.64. The summed E-state index contributed by atoms with van der Waals surface area (Å²) in [5, 5.41) is 12.6. The lowest BCUT2D eigenvalue weighted by molar-refractivity contribution is 0.0966. The second-order valence-corrected chi connectivity index (χ2v) is 9.64. The van der Waals surface area contributed by atoms with Crippen molar-refractivity contribution in [3.8, 4) is 0 Å². The van der Waals surface area contributed by atoms with Gasteiger partial charge in [-0.2, -0.15) is 0 Å². The molecule has 0 bridgehead atoms. The van der Waals surface area contributed by atoms with E-state index in [9.17, 15) is 9.59 Å². The minimum atomic E-state index is -0.243. The van der Waals surface area contributed by atoms with Crippen LogP contribution in [-0.2, 0) is 6.54 Å². The van der Waals surface area contributed by atoms with Crippen molar-refractivity contribution in [3.63, 3.8) is 0 Å². The Morgan fingerprint density at radius 3 is 2.38 bits per heavy atom. The molecule has 0 unspecified atom stereocenters. The molecule has 5 rings (SSSR count). The van der Waals surface area contributed by atoms with Gasteiger partial charge in [0.25, 0.3) is 11.8 Å². The summed E-state index contributed by atoms with van der Waals surface area (Å²) in [5.74, 6) is -0.426. The molecule has 0 aromatic heterocycles. The van der Waals surface area contributed by atoms with Crippen LogP contribution in [0.4, 0.5) is 22.7 Å². The molecule has 0 radical (unpaired) electrons. The zero-order valence-corrected chi connectivity index (χ0v) is 21.2. The number of anilines is 4. The Hall–Kier alpha value is -3.88. The number of fused-ring (bicyclic) bond motifs is 1. The Balaban J connectivity index is 1.17. The van der Waals surface area contributed by atoms with Gasteiger partial charge >= 0.3 is 0 Å². The van der Waals surface area contributed by atoms with E-state index in [0.29, 0.717) is 23.4 Å². The highest BCUT2D eigenvalue weighted by molar-refractivity contribution is 6.11. The molecule has 3 aromatic carbocycles. The lowest BCUT2D eigenvalue weighted by Gasteiger charge is -2.32. The number of carbonyl (C=O) groups excluding carboxylic acids is 2. The lowest BCUT2D eigenvalue weighted by Crippen LogP contribution is -2.44. The largest absolute Gasteiger partial charge is 0.385 e. The highest BCUT2D eigenvalue weighted by atomic mass is 16.2. The summed E-state index contributed by atoms with van der Waals surface area (Å²) in [6, 6.07) is 21.0. The smallest absolute Gasteiger partial charge is 0.255 e. The third kappa shape index (κ3) is 6.10. The quantitative estimate of drug-likeness (QED) is 0.334. The lowest BCUT2D eigenvalue weighted by atomic mass is 10.0. The van der Waals surface area contributed by atoms with Gasteiger partial charge in [0.15, 0.2) is 0 Å². The normalized spacial score (nSPS) is 15.6. The molecule has 1 fully saturated rings. The van der Waals surface area contributed by atoms with Crippen molar-refractivity contribution in [2.45, 2.75) is 13.0 Å². The van der Waals surface area contributed by atoms with E-state index in [4.69, 9.17) is 0 Å². The van der Waals surface area contributed by atoms with Gasteiger partial charge in [0.2, 0.25) is 0 Å². The first kappa shape index (κ1) is 24.8. The van der Waals surface area contributed by atoms with E-state index in [2.05, 4.69) is 38.1 Å². The van der Waals surface area contributed by atoms with Crippen molar-refractivity contribution in [1.29, 1.82) is 0 Å². The van der Waals surface area contributed by atoms with E-state index < -0.39 is 0 Å². The van der Waals surface area contributed by atoms with Crippen molar-refractivity contribution in [1.82, 2.24) is 15.1 Å². The fraction of sp³-hybridized carbons (Fsp3) is 0.310. The molecular formula is C29H34N6O2. The maximum atomic E-state index is 13.0. The maximum absolute atomic E-state index is 13.0. The number of para-hydroxylation sites is 1. The van der Waals surface area contributed by atoms with Gasteiger partial charge < -0.3 is 31.1 Å². The number of likely N-dealkylation sites (N-methyl/N-ethyl adjacent to an activating group) is 1. The Labute approximate surface area is 218 Å². The van der Waals surface area contributed by atoms with Gasteiger partial charge in [0.1, 0.15) is 0 Å². The first-order valence-electron chi connectivity index (χ1n) is 12.9. The second kappa shape index (κ2) is 11.5. The van der Waals surface area contributed by atoms with Crippen LogP contribution in [0.25, 0.3) is 0 Å². The van der Waals surface area contributed by atoms with Crippen molar-refractivity contribution in [2.75, 3.05) is 62.3 Å². The molecule has 2 amide bonds. The highest BCUT2D eigenvalue weighted by Crippen LogP contribution is 2.33. The molecule has 192 valence electrons. The van der Waals surface area contributed by atoms with E-state index in [0.717, 1.165) is 68.3 Å². The van der Waals surface area contributed by atoms with Gasteiger partial charge in [0.05, 0.1) is 11.3 Å². The summed E-state index contributed by atoms with van der Waals surface area (Å²) in [5.41, 5.74) is 5.19. The molecule has 1 saturated heterocycles. The minimum absolute atomic E-state index is 0.182. The van der Waals surface area contributed by atoms with Gasteiger partial charge in [-0.25, -0.2) is 0 Å². The fourth-order valence-corrected chi connectivity index (χ4v) is 4.79. The number of hydrogen-bond acceptors (Lipinski definition) is 6. The maximum Gasteiger partial charge on any atom is 0.255 e. The predicted molar refractivity (Wildman–Crippen MR) is 149 cm³/mol. The van der Waals surface area contributed by atoms with Crippen LogP contribution in [0.15, 0.2) is 66.7 Å². The van der Waals surface area contributed by atoms with Crippen molar-refractivity contribution in [2.24, 2.45) is 0 Å². The summed E-state index contributed by atoms with van der Waals surface area (Å²) >= 11 is 0. The standard InChI is InChI=1S/C29H34N6O2/c1-34-16-18-35(19-17-34)15-5-14-30-22-10-8-21(9-11-22)28(36)33-26-13-12-25(24-20-31-29(37)27(24)26)32-23-6-3-2-4-7-23/h2-4,6-13,30,32H,5,14-20H2,1H3,(H,31,37)(H,33,36). The van der Waals surface area contributed by atoms with E-state index in [1.165, 1.54) is 0 Å². The van der Waals surface area contributed by atoms with Gasteiger partial charge in [0, 0.05) is 67.5 Å². The SMILES string of the molecule is CN1CCN(CCCNc2ccc(C(=O)Nc3ccc(Nc4ccccc4)c4c3C(=O)NC4)cc2)CC1. The minimum Gasteiger partial charge on any atom is -0.385 e. The highest BCUT2D eigenvalue weighted by Gasteiger charge is 2.26. The molecule has 0 aliphatic carbocycles. The summed E-state index contributed by atoms with van der Waals surface area (Å²) in [6.07, 6.45) is 1.08. The van der Waals surface area contributed by atoms with Gasteiger partial charge in [-0.05, 0) is 68.5 Å². The van der Waals surface area contributed by atoms with Crippen LogP contribution in [0.2, 0.25) is 0 Å². The van der Waals surface area contributed by atoms with Gasteiger partial charge in [-0.1, -0.05) is 18.2 Å². The molecule has 2 aliphatic rings. The Kier molecular flexibility index (Phi) is 7.67. The molecule has 2 aliphatic heterocycles. The third-order valence-corrected chi connectivity index (χ3v) is 6.99. The van der Waals surface area contributed by atoms with E-state index in [1.807, 2.05) is 60.7 Å². The molecule has 8 nitrogen and oxygen atoms in total. The monoisotopic (exact) mass is 498 g/mol.